The molecule has 2 rings (SSSR count). The smallest absolute Gasteiger partial charge is 0.120 e. The van der Waals surface area contributed by atoms with E-state index in [9.17, 15) is 9.90 Å². The predicted molar refractivity (Wildman–Crippen MR) is 54.3 cm³/mol. The first-order valence-electron chi connectivity index (χ1n) is 4.38. The van der Waals surface area contributed by atoms with Crippen molar-refractivity contribution >= 4 is 27.5 Å². The van der Waals surface area contributed by atoms with Crippen molar-refractivity contribution in [1.82, 2.24) is 4.98 Å². The van der Waals surface area contributed by atoms with Crippen LogP contribution in [0.25, 0.3) is 10.2 Å². The average Bonchev–Trinajstić information content (AvgIpc) is 2.59. The quantitative estimate of drug-likeness (QED) is 0.758. The number of aliphatic carboxylic acids is 1. The van der Waals surface area contributed by atoms with Crippen LogP contribution in [-0.4, -0.2) is 17.6 Å². The van der Waals surface area contributed by atoms with Crippen LogP contribution in [0.1, 0.15) is 5.01 Å². The molecule has 78 valence electrons. The summed E-state index contributed by atoms with van der Waals surface area (Å²) in [6.45, 7) is -0.177. The summed E-state index contributed by atoms with van der Waals surface area (Å²) in [6, 6.07) is 7.73. The van der Waals surface area contributed by atoms with Crippen molar-refractivity contribution in [2.45, 2.75) is 6.61 Å². The summed E-state index contributed by atoms with van der Waals surface area (Å²) in [5.41, 5.74) is 0.912. The molecule has 0 aliphatic rings. The van der Waals surface area contributed by atoms with E-state index in [1.54, 1.807) is 0 Å². The number of fused-ring (bicyclic) bond motifs is 1. The monoisotopic (exact) mass is 222 g/mol. The summed E-state index contributed by atoms with van der Waals surface area (Å²) in [7, 11) is 0. The molecular weight excluding hydrogens is 214 g/mol. The van der Waals surface area contributed by atoms with E-state index in [1.165, 1.54) is 11.3 Å². The number of hydrogen-bond acceptors (Lipinski definition) is 5. The highest BCUT2D eigenvalue weighted by atomic mass is 32.1. The minimum absolute atomic E-state index is 0.216. The van der Waals surface area contributed by atoms with Crippen LogP contribution in [0.5, 0.6) is 0 Å². The lowest BCUT2D eigenvalue weighted by Crippen LogP contribution is -2.27. The Kier molecular flexibility index (Phi) is 2.94. The molecule has 2 aromatic rings. The summed E-state index contributed by atoms with van der Waals surface area (Å²) in [6.07, 6.45) is 0. The normalized spacial score (nSPS) is 10.7. The maximum Gasteiger partial charge on any atom is 0.120 e. The standard InChI is InChI=1S/C10H9NO3S/c12-10(13)6-14-5-9-11-7-3-1-2-4-8(7)15-9/h1-4H,5-6H2,(H,12,13)/p-1. The third-order valence-corrected chi connectivity index (χ3v) is 2.79. The summed E-state index contributed by atoms with van der Waals surface area (Å²) in [4.78, 5) is 14.4. The lowest BCUT2D eigenvalue weighted by molar-refractivity contribution is -0.309. The van der Waals surface area contributed by atoms with E-state index < -0.39 is 12.6 Å². The molecule has 1 aromatic heterocycles. The highest BCUT2D eigenvalue weighted by Crippen LogP contribution is 2.21. The zero-order chi connectivity index (χ0) is 10.7. The first-order valence-corrected chi connectivity index (χ1v) is 5.19. The molecule has 0 unspecified atom stereocenters. The summed E-state index contributed by atoms with van der Waals surface area (Å²) >= 11 is 1.50. The third kappa shape index (κ3) is 2.51. The van der Waals surface area contributed by atoms with Crippen LogP contribution in [-0.2, 0) is 16.1 Å². The Bertz CT molecular complexity index is 447. The molecule has 15 heavy (non-hydrogen) atoms. The van der Waals surface area contributed by atoms with E-state index in [2.05, 4.69) is 4.98 Å². The number of hydrogen-bond donors (Lipinski definition) is 0. The molecule has 1 aromatic carbocycles. The van der Waals surface area contributed by atoms with Gasteiger partial charge in [0.2, 0.25) is 0 Å². The lowest BCUT2D eigenvalue weighted by atomic mass is 10.3. The molecular formula is C10H8NO3S-. The number of carbonyl (C=O) groups is 1. The van der Waals surface area contributed by atoms with Gasteiger partial charge in [0.1, 0.15) is 5.01 Å². The molecule has 0 saturated heterocycles. The average molecular weight is 222 g/mol. The Morgan fingerprint density at radius 1 is 1.47 bits per heavy atom. The van der Waals surface area contributed by atoms with Gasteiger partial charge in [-0.3, -0.25) is 0 Å². The van der Waals surface area contributed by atoms with E-state index in [1.807, 2.05) is 24.3 Å². The number of para-hydroxylation sites is 1. The number of carboxylic acids is 1. The van der Waals surface area contributed by atoms with Crippen molar-refractivity contribution in [1.29, 1.82) is 0 Å². The van der Waals surface area contributed by atoms with E-state index in [0.717, 1.165) is 15.2 Å². The molecule has 0 bridgehead atoms. The highest BCUT2D eigenvalue weighted by Gasteiger charge is 2.02. The summed E-state index contributed by atoms with van der Waals surface area (Å²) in [5, 5.41) is 10.9. The topological polar surface area (TPSA) is 62.2 Å². The Hall–Kier alpha value is -1.46. The lowest BCUT2D eigenvalue weighted by Gasteiger charge is -2.01. The van der Waals surface area contributed by atoms with Gasteiger partial charge in [0.15, 0.2) is 0 Å². The molecule has 1 heterocycles. The molecule has 0 fully saturated rings. The van der Waals surface area contributed by atoms with Gasteiger partial charge in [-0.05, 0) is 12.1 Å². The number of nitrogens with zero attached hydrogens (tertiary/aromatic N) is 1. The van der Waals surface area contributed by atoms with Crippen molar-refractivity contribution in [3.8, 4) is 0 Å². The van der Waals surface area contributed by atoms with Gasteiger partial charge in [-0.1, -0.05) is 12.1 Å². The number of rotatable bonds is 4. The second-order valence-electron chi connectivity index (χ2n) is 2.94. The Labute approximate surface area is 90.1 Å². The number of benzene rings is 1. The second-order valence-corrected chi connectivity index (χ2v) is 4.06. The van der Waals surface area contributed by atoms with Crippen LogP contribution >= 0.6 is 11.3 Å². The number of carbonyl (C=O) groups excluding carboxylic acids is 1. The fourth-order valence-corrected chi connectivity index (χ4v) is 2.11. The number of thiazole rings is 1. The molecule has 0 spiro atoms. The Balaban J connectivity index is 2.05. The van der Waals surface area contributed by atoms with Crippen LogP contribution in [0.2, 0.25) is 0 Å². The van der Waals surface area contributed by atoms with Crippen molar-refractivity contribution in [2.75, 3.05) is 6.61 Å². The van der Waals surface area contributed by atoms with Crippen molar-refractivity contribution in [3.05, 3.63) is 29.3 Å². The minimum Gasteiger partial charge on any atom is -0.548 e. The van der Waals surface area contributed by atoms with Gasteiger partial charge < -0.3 is 14.6 Å². The van der Waals surface area contributed by atoms with Gasteiger partial charge in [0.25, 0.3) is 0 Å². The van der Waals surface area contributed by atoms with Crippen LogP contribution < -0.4 is 5.11 Å². The summed E-state index contributed by atoms with van der Waals surface area (Å²) < 4.78 is 5.97. The van der Waals surface area contributed by atoms with Crippen LogP contribution in [0.15, 0.2) is 24.3 Å². The SMILES string of the molecule is O=C([O-])COCc1nc2ccccc2s1. The molecule has 0 N–H and O–H groups in total. The maximum atomic E-state index is 10.1. The first kappa shape index (κ1) is 10.1. The minimum atomic E-state index is -1.21. The molecule has 0 radical (unpaired) electrons. The fourth-order valence-electron chi connectivity index (χ4n) is 1.20. The Morgan fingerprint density at radius 2 is 2.27 bits per heavy atom. The summed E-state index contributed by atoms with van der Waals surface area (Å²) in [5.74, 6) is -1.21. The van der Waals surface area contributed by atoms with Gasteiger partial charge in [0.05, 0.1) is 29.4 Å². The third-order valence-electron chi connectivity index (χ3n) is 1.78. The van der Waals surface area contributed by atoms with Crippen LogP contribution in [0, 0.1) is 0 Å². The molecule has 4 nitrogen and oxygen atoms in total. The molecule has 0 aliphatic carbocycles. The van der Waals surface area contributed by atoms with E-state index in [-0.39, 0.29) is 6.61 Å². The molecule has 0 saturated carbocycles. The van der Waals surface area contributed by atoms with Crippen LogP contribution in [0.4, 0.5) is 0 Å². The number of aromatic nitrogens is 1. The zero-order valence-electron chi connectivity index (χ0n) is 7.80. The molecule has 0 aliphatic heterocycles. The molecule has 0 amide bonds. The Morgan fingerprint density at radius 3 is 3.00 bits per heavy atom. The van der Waals surface area contributed by atoms with E-state index in [0.29, 0.717) is 0 Å². The largest absolute Gasteiger partial charge is 0.548 e. The van der Waals surface area contributed by atoms with E-state index in [4.69, 9.17) is 4.74 Å². The van der Waals surface area contributed by atoms with E-state index >= 15 is 0 Å². The predicted octanol–water partition coefficient (Wildman–Crippen LogP) is 0.563. The number of ether oxygens (including phenoxy) is 1. The van der Waals surface area contributed by atoms with Gasteiger partial charge in [-0.25, -0.2) is 4.98 Å². The molecule has 5 heteroatoms. The second kappa shape index (κ2) is 4.37. The first-order chi connectivity index (χ1) is 7.25. The number of carboxylic acid groups (broad SMARTS) is 1. The van der Waals surface area contributed by atoms with Crippen molar-refractivity contribution < 1.29 is 14.6 Å². The fraction of sp³-hybridized carbons (Fsp3) is 0.200. The van der Waals surface area contributed by atoms with Gasteiger partial charge in [0, 0.05) is 0 Å². The van der Waals surface area contributed by atoms with Gasteiger partial charge in [-0.2, -0.15) is 0 Å². The van der Waals surface area contributed by atoms with Gasteiger partial charge in [-0.15, -0.1) is 11.3 Å². The van der Waals surface area contributed by atoms with Crippen LogP contribution in [0.3, 0.4) is 0 Å². The zero-order valence-corrected chi connectivity index (χ0v) is 8.62. The highest BCUT2D eigenvalue weighted by molar-refractivity contribution is 7.18. The molecule has 0 atom stereocenters. The maximum absolute atomic E-state index is 10.1. The van der Waals surface area contributed by atoms with Gasteiger partial charge >= 0.3 is 0 Å². The van der Waals surface area contributed by atoms with Crippen molar-refractivity contribution in [3.63, 3.8) is 0 Å². The van der Waals surface area contributed by atoms with Crippen molar-refractivity contribution in [2.24, 2.45) is 0 Å².